The molecule has 0 aromatic carbocycles. The fourth-order valence-corrected chi connectivity index (χ4v) is 1.63. The Bertz CT molecular complexity index is 206. The molecule has 0 saturated carbocycles. The van der Waals surface area contributed by atoms with E-state index in [1.807, 2.05) is 0 Å². The lowest BCUT2D eigenvalue weighted by Gasteiger charge is -1.79. The number of hydrogen-bond acceptors (Lipinski definition) is 1. The Hall–Kier alpha value is 0.720. The summed E-state index contributed by atoms with van der Waals surface area (Å²) in [6, 6.07) is 0. The van der Waals surface area contributed by atoms with Crippen molar-refractivity contribution in [2.24, 2.45) is 0 Å². The monoisotopic (exact) mass is 315 g/mol. The molecule has 1 nitrogen and oxygen atoms in total. The maximum Gasteiger partial charge on any atom is 0.184 e. The Balaban J connectivity index is 3.29. The molecule has 0 spiro atoms. The van der Waals surface area contributed by atoms with Gasteiger partial charge in [0.05, 0.1) is 8.95 Å². The van der Waals surface area contributed by atoms with E-state index in [1.54, 1.807) is 0 Å². The first kappa shape index (κ1) is 7.82. The molecule has 4 heteroatoms. The van der Waals surface area contributed by atoms with Crippen molar-refractivity contribution < 1.29 is 4.42 Å². The largest absolute Gasteiger partial charge is 0.452 e. The average Bonchev–Trinajstić information content (AvgIpc) is 1.98. The van der Waals surface area contributed by atoms with Gasteiger partial charge >= 0.3 is 0 Å². The first-order chi connectivity index (χ1) is 4.13. The van der Waals surface area contributed by atoms with Crippen molar-refractivity contribution in [2.45, 2.75) is 0 Å². The molecule has 0 aliphatic carbocycles. The zero-order valence-corrected chi connectivity index (χ0v) is 9.01. The lowest BCUT2D eigenvalue weighted by Crippen LogP contribution is -1.59. The highest BCUT2D eigenvalue weighted by molar-refractivity contribution is 9.14. The molecule has 0 bridgehead atoms. The molecule has 1 radical (unpaired) electrons. The second-order valence-electron chi connectivity index (χ2n) is 1.43. The van der Waals surface area contributed by atoms with Crippen molar-refractivity contribution >= 4 is 47.8 Å². The summed E-state index contributed by atoms with van der Waals surface area (Å²) in [5.74, 6) is 0.619. The van der Waals surface area contributed by atoms with Crippen molar-refractivity contribution in [3.05, 3.63) is 26.3 Å². The molecule has 49 valence electrons. The van der Waals surface area contributed by atoms with Crippen LogP contribution in [0.15, 0.2) is 18.0 Å². The highest BCUT2D eigenvalue weighted by Gasteiger charge is 2.09. The molecular formula is C5H2Br3O. The summed E-state index contributed by atoms with van der Waals surface area (Å²) in [5.41, 5.74) is 0. The van der Waals surface area contributed by atoms with E-state index in [2.05, 4.69) is 54.7 Å². The van der Waals surface area contributed by atoms with Crippen LogP contribution < -0.4 is 0 Å². The van der Waals surface area contributed by atoms with Gasteiger partial charge in [0.25, 0.3) is 0 Å². The van der Waals surface area contributed by atoms with Gasteiger partial charge in [0.1, 0.15) is 5.76 Å². The summed E-state index contributed by atoms with van der Waals surface area (Å²) in [6.45, 7) is 3.63. The molecule has 1 aromatic rings. The Morgan fingerprint density at radius 3 is 1.78 bits per heavy atom. The average molecular weight is 318 g/mol. The quantitative estimate of drug-likeness (QED) is 0.710. The van der Waals surface area contributed by atoms with Crippen LogP contribution in [0.25, 0.3) is 0 Å². The van der Waals surface area contributed by atoms with Crippen LogP contribution in [0, 0.1) is 6.92 Å². The Labute approximate surface area is 78.2 Å². The van der Waals surface area contributed by atoms with Crippen LogP contribution in [0.3, 0.4) is 0 Å². The predicted molar refractivity (Wildman–Crippen MR) is 46.3 cm³/mol. The molecule has 0 aliphatic rings. The molecular weight excluding hydrogens is 316 g/mol. The van der Waals surface area contributed by atoms with E-state index in [0.717, 1.165) is 8.95 Å². The van der Waals surface area contributed by atoms with Gasteiger partial charge in [-0.25, -0.2) is 0 Å². The van der Waals surface area contributed by atoms with Crippen LogP contribution in [0.4, 0.5) is 0 Å². The van der Waals surface area contributed by atoms with Crippen molar-refractivity contribution in [2.75, 3.05) is 0 Å². The minimum atomic E-state index is 0.619. The van der Waals surface area contributed by atoms with Gasteiger partial charge in [-0.2, -0.15) is 0 Å². The highest BCUT2D eigenvalue weighted by atomic mass is 79.9. The van der Waals surface area contributed by atoms with Crippen LogP contribution in [-0.4, -0.2) is 0 Å². The molecule has 0 unspecified atom stereocenters. The number of furan rings is 1. The van der Waals surface area contributed by atoms with Gasteiger partial charge in [-0.05, 0) is 47.8 Å². The molecule has 0 aliphatic heterocycles. The Morgan fingerprint density at radius 1 is 1.11 bits per heavy atom. The smallest absolute Gasteiger partial charge is 0.184 e. The summed E-state index contributed by atoms with van der Waals surface area (Å²) < 4.78 is 7.45. The van der Waals surface area contributed by atoms with Gasteiger partial charge in [-0.3, -0.25) is 0 Å². The zero-order chi connectivity index (χ0) is 7.02. The van der Waals surface area contributed by atoms with Gasteiger partial charge in [0, 0.05) is 6.92 Å². The van der Waals surface area contributed by atoms with Crippen molar-refractivity contribution in [3.8, 4) is 0 Å². The Morgan fingerprint density at radius 2 is 1.67 bits per heavy atom. The van der Waals surface area contributed by atoms with Gasteiger partial charge in [0.15, 0.2) is 4.67 Å². The van der Waals surface area contributed by atoms with Crippen LogP contribution in [0.5, 0.6) is 0 Å². The highest BCUT2D eigenvalue weighted by Crippen LogP contribution is 2.35. The number of rotatable bonds is 0. The third-order valence-corrected chi connectivity index (χ3v) is 4.04. The molecule has 1 aromatic heterocycles. The third kappa shape index (κ3) is 1.41. The summed E-state index contributed by atoms with van der Waals surface area (Å²) in [4.78, 5) is 0. The Kier molecular flexibility index (Phi) is 2.40. The molecule has 0 atom stereocenters. The van der Waals surface area contributed by atoms with Gasteiger partial charge in [-0.15, -0.1) is 0 Å². The maximum absolute atomic E-state index is 5.06. The topological polar surface area (TPSA) is 13.1 Å². The van der Waals surface area contributed by atoms with Crippen LogP contribution >= 0.6 is 47.8 Å². The van der Waals surface area contributed by atoms with Crippen molar-refractivity contribution in [1.29, 1.82) is 0 Å². The lowest BCUT2D eigenvalue weighted by atomic mass is 10.5. The number of halogens is 3. The SMILES string of the molecule is [CH2]c1oc(Br)c(Br)c1Br. The fraction of sp³-hybridized carbons (Fsp3) is 0. The van der Waals surface area contributed by atoms with E-state index in [4.69, 9.17) is 4.42 Å². The zero-order valence-electron chi connectivity index (χ0n) is 4.25. The normalized spacial score (nSPS) is 10.2. The minimum absolute atomic E-state index is 0.619. The van der Waals surface area contributed by atoms with Crippen LogP contribution in [0.2, 0.25) is 0 Å². The second-order valence-corrected chi connectivity index (χ2v) is 3.73. The van der Waals surface area contributed by atoms with E-state index >= 15 is 0 Å². The molecule has 9 heavy (non-hydrogen) atoms. The molecule has 0 saturated heterocycles. The van der Waals surface area contributed by atoms with E-state index < -0.39 is 0 Å². The number of hydrogen-bond donors (Lipinski definition) is 0. The molecule has 1 rings (SSSR count). The summed E-state index contributed by atoms with van der Waals surface area (Å²) in [7, 11) is 0. The van der Waals surface area contributed by atoms with Gasteiger partial charge in [-0.1, -0.05) is 0 Å². The lowest BCUT2D eigenvalue weighted by molar-refractivity contribution is 0.521. The first-order valence-corrected chi connectivity index (χ1v) is 4.46. The van der Waals surface area contributed by atoms with Crippen molar-refractivity contribution in [3.63, 3.8) is 0 Å². The first-order valence-electron chi connectivity index (χ1n) is 2.08. The standard InChI is InChI=1S/C5H2Br3O/c1-2-3(6)4(7)5(8)9-2/h1H2. The molecule has 0 fully saturated rings. The third-order valence-electron chi connectivity index (χ3n) is 0.823. The predicted octanol–water partition coefficient (Wildman–Crippen LogP) is 3.75. The van der Waals surface area contributed by atoms with Gasteiger partial charge < -0.3 is 4.42 Å². The van der Waals surface area contributed by atoms with E-state index in [-0.39, 0.29) is 0 Å². The maximum atomic E-state index is 5.06. The van der Waals surface area contributed by atoms with E-state index in [0.29, 0.717) is 10.4 Å². The van der Waals surface area contributed by atoms with Gasteiger partial charge in [0.2, 0.25) is 0 Å². The second kappa shape index (κ2) is 2.76. The molecule has 1 heterocycles. The van der Waals surface area contributed by atoms with Crippen LogP contribution in [-0.2, 0) is 0 Å². The van der Waals surface area contributed by atoms with Crippen molar-refractivity contribution in [1.82, 2.24) is 0 Å². The minimum Gasteiger partial charge on any atom is -0.452 e. The summed E-state index contributed by atoms with van der Waals surface area (Å²) in [5, 5.41) is 0. The summed E-state index contributed by atoms with van der Waals surface area (Å²) >= 11 is 9.72. The van der Waals surface area contributed by atoms with Crippen LogP contribution in [0.1, 0.15) is 5.76 Å². The van der Waals surface area contributed by atoms with E-state index in [1.165, 1.54) is 0 Å². The molecule has 0 N–H and O–H groups in total. The molecule has 0 amide bonds. The summed E-state index contributed by atoms with van der Waals surface area (Å²) in [6.07, 6.45) is 0. The van der Waals surface area contributed by atoms with E-state index in [9.17, 15) is 0 Å². The fourth-order valence-electron chi connectivity index (χ4n) is 0.406.